The third kappa shape index (κ3) is 7.24. The second-order valence-electron chi connectivity index (χ2n) is 11.9. The minimum Gasteiger partial charge on any atom is -0.342 e. The number of para-hydroxylation sites is 1. The summed E-state index contributed by atoms with van der Waals surface area (Å²) in [5.74, 6) is 1.29. The van der Waals surface area contributed by atoms with E-state index in [4.69, 9.17) is 5.10 Å². The van der Waals surface area contributed by atoms with E-state index in [1.165, 1.54) is 0 Å². The van der Waals surface area contributed by atoms with Crippen molar-refractivity contribution in [1.29, 1.82) is 0 Å². The summed E-state index contributed by atoms with van der Waals surface area (Å²) in [6.07, 6.45) is 3.27. The van der Waals surface area contributed by atoms with Gasteiger partial charge in [-0.05, 0) is 67.3 Å². The molecule has 2 N–H and O–H groups in total. The Morgan fingerprint density at radius 1 is 0.976 bits per heavy atom. The molecule has 214 valence electrons. The van der Waals surface area contributed by atoms with E-state index in [-0.39, 0.29) is 17.4 Å². The van der Waals surface area contributed by atoms with Gasteiger partial charge >= 0.3 is 6.03 Å². The first-order valence-corrected chi connectivity index (χ1v) is 15.2. The molecule has 1 aliphatic heterocycles. The van der Waals surface area contributed by atoms with Gasteiger partial charge in [0.25, 0.3) is 0 Å². The van der Waals surface area contributed by atoms with E-state index >= 15 is 0 Å². The molecule has 1 aliphatic rings. The molecular formula is C33H39N5O2S. The van der Waals surface area contributed by atoms with Crippen LogP contribution in [0.25, 0.3) is 5.69 Å². The number of carbonyl (C=O) groups excluding carboxylic acids is 2. The van der Waals surface area contributed by atoms with Crippen LogP contribution in [0.4, 0.5) is 16.3 Å². The third-order valence-corrected chi connectivity index (χ3v) is 8.52. The molecule has 4 aromatic rings. The van der Waals surface area contributed by atoms with E-state index < -0.39 is 0 Å². The lowest BCUT2D eigenvalue weighted by Gasteiger charge is -2.32. The van der Waals surface area contributed by atoms with Crippen LogP contribution >= 0.6 is 11.3 Å². The van der Waals surface area contributed by atoms with Crippen LogP contribution in [0.5, 0.6) is 0 Å². The molecule has 0 unspecified atom stereocenters. The summed E-state index contributed by atoms with van der Waals surface area (Å²) >= 11 is 1.63. The fraction of sp³-hybridized carbons (Fsp3) is 0.364. The van der Waals surface area contributed by atoms with Crippen molar-refractivity contribution in [2.75, 3.05) is 23.7 Å². The minimum atomic E-state index is -0.305. The maximum Gasteiger partial charge on any atom is 0.324 e. The lowest BCUT2D eigenvalue weighted by atomic mass is 9.89. The first-order chi connectivity index (χ1) is 19.7. The fourth-order valence-electron chi connectivity index (χ4n) is 5.18. The van der Waals surface area contributed by atoms with Crippen LogP contribution in [-0.4, -0.2) is 39.7 Å². The highest BCUT2D eigenvalue weighted by atomic mass is 32.1. The topological polar surface area (TPSA) is 79.3 Å². The largest absolute Gasteiger partial charge is 0.342 e. The zero-order valence-corrected chi connectivity index (χ0v) is 25.1. The number of urea groups is 1. The van der Waals surface area contributed by atoms with E-state index in [2.05, 4.69) is 37.5 Å². The van der Waals surface area contributed by atoms with Crippen molar-refractivity contribution in [2.45, 2.75) is 58.8 Å². The van der Waals surface area contributed by atoms with E-state index in [9.17, 15) is 9.59 Å². The molecule has 41 heavy (non-hydrogen) atoms. The van der Waals surface area contributed by atoms with Gasteiger partial charge in [0.15, 0.2) is 0 Å². The molecule has 1 saturated heterocycles. The number of piperidine rings is 1. The molecule has 8 heteroatoms. The molecule has 0 aliphatic carbocycles. The smallest absolute Gasteiger partial charge is 0.324 e. The van der Waals surface area contributed by atoms with Crippen LogP contribution in [0.3, 0.4) is 0 Å². The Morgan fingerprint density at radius 3 is 2.39 bits per heavy atom. The third-order valence-electron chi connectivity index (χ3n) is 7.64. The van der Waals surface area contributed by atoms with Gasteiger partial charge in [-0.15, -0.1) is 11.3 Å². The number of nitrogens with zero attached hydrogens (tertiary/aromatic N) is 3. The summed E-state index contributed by atoms with van der Waals surface area (Å²) < 4.78 is 1.79. The van der Waals surface area contributed by atoms with E-state index in [1.54, 1.807) is 16.0 Å². The van der Waals surface area contributed by atoms with Crippen molar-refractivity contribution < 1.29 is 9.59 Å². The van der Waals surface area contributed by atoms with Crippen LogP contribution in [0.1, 0.15) is 55.3 Å². The number of aromatic nitrogens is 2. The van der Waals surface area contributed by atoms with Gasteiger partial charge in [-0.2, -0.15) is 5.10 Å². The summed E-state index contributed by atoms with van der Waals surface area (Å²) in [4.78, 5) is 29.1. The second-order valence-corrected chi connectivity index (χ2v) is 13.0. The first-order valence-electron chi connectivity index (χ1n) is 14.3. The molecule has 0 atom stereocenters. The van der Waals surface area contributed by atoms with Crippen molar-refractivity contribution in [3.8, 4) is 5.69 Å². The monoisotopic (exact) mass is 569 g/mol. The maximum atomic E-state index is 13.3. The molecule has 2 aromatic heterocycles. The van der Waals surface area contributed by atoms with E-state index in [0.717, 1.165) is 65.4 Å². The standard InChI is InChI=1S/C33H39N5O2S/c1-23-11-13-26(14-12-23)38-30(22-29(36-38)33(2,3)4)35-32(40)34-28-10-6-5-8-25(28)20-24-15-17-37(18-16-24)31(39)21-27-9-7-19-41-27/h5-14,19,22,24H,15-18,20-21H2,1-4H3,(H2,34,35,40). The van der Waals surface area contributed by atoms with Gasteiger partial charge in [0, 0.05) is 35.1 Å². The number of likely N-dealkylation sites (tertiary alicyclic amines) is 1. The number of anilines is 2. The lowest BCUT2D eigenvalue weighted by Crippen LogP contribution is -2.39. The summed E-state index contributed by atoms with van der Waals surface area (Å²) in [6, 6.07) is 21.7. The average molecular weight is 570 g/mol. The normalized spacial score (nSPS) is 14.2. The van der Waals surface area contributed by atoms with Crippen molar-refractivity contribution in [1.82, 2.24) is 14.7 Å². The molecule has 0 saturated carbocycles. The van der Waals surface area contributed by atoms with Gasteiger partial charge < -0.3 is 10.2 Å². The van der Waals surface area contributed by atoms with Gasteiger partial charge in [0.05, 0.1) is 17.8 Å². The highest BCUT2D eigenvalue weighted by Crippen LogP contribution is 2.28. The molecule has 0 bridgehead atoms. The summed E-state index contributed by atoms with van der Waals surface area (Å²) in [7, 11) is 0. The first kappa shape index (κ1) is 28.6. The zero-order valence-electron chi connectivity index (χ0n) is 24.3. The Kier molecular flexibility index (Phi) is 8.59. The van der Waals surface area contributed by atoms with Gasteiger partial charge in [-0.25, -0.2) is 9.48 Å². The Hall–Kier alpha value is -3.91. The molecule has 7 nitrogen and oxygen atoms in total. The number of hydrogen-bond donors (Lipinski definition) is 2. The van der Waals surface area contributed by atoms with Crippen LogP contribution in [0, 0.1) is 12.8 Å². The predicted octanol–water partition coefficient (Wildman–Crippen LogP) is 7.21. The number of rotatable bonds is 7. The van der Waals surface area contributed by atoms with Gasteiger partial charge in [0.1, 0.15) is 5.82 Å². The Balaban J connectivity index is 1.23. The van der Waals surface area contributed by atoms with Crippen molar-refractivity contribution >= 4 is 34.8 Å². The van der Waals surface area contributed by atoms with Crippen LogP contribution in [-0.2, 0) is 23.1 Å². The molecular weight excluding hydrogens is 530 g/mol. The molecule has 3 heterocycles. The highest BCUT2D eigenvalue weighted by Gasteiger charge is 2.25. The molecule has 3 amide bonds. The fourth-order valence-corrected chi connectivity index (χ4v) is 5.88. The van der Waals surface area contributed by atoms with Gasteiger partial charge in [0.2, 0.25) is 5.91 Å². The van der Waals surface area contributed by atoms with Crippen LogP contribution in [0.15, 0.2) is 72.1 Å². The minimum absolute atomic E-state index is 0.167. The molecule has 0 spiro atoms. The molecule has 5 rings (SSSR count). The average Bonchev–Trinajstić information content (AvgIpc) is 3.61. The van der Waals surface area contributed by atoms with Crippen molar-refractivity contribution in [2.24, 2.45) is 5.92 Å². The molecule has 0 radical (unpaired) electrons. The second kappa shape index (κ2) is 12.3. The Labute approximate surface area is 246 Å². The lowest BCUT2D eigenvalue weighted by molar-refractivity contribution is -0.131. The zero-order chi connectivity index (χ0) is 29.0. The van der Waals surface area contributed by atoms with Crippen LogP contribution in [0.2, 0.25) is 0 Å². The maximum absolute atomic E-state index is 13.3. The predicted molar refractivity (Wildman–Crippen MR) is 167 cm³/mol. The summed E-state index contributed by atoms with van der Waals surface area (Å²) in [6.45, 7) is 9.94. The number of hydrogen-bond acceptors (Lipinski definition) is 4. The van der Waals surface area contributed by atoms with Gasteiger partial charge in [-0.1, -0.05) is 62.7 Å². The number of carbonyl (C=O) groups is 2. The highest BCUT2D eigenvalue weighted by molar-refractivity contribution is 7.10. The number of thiophene rings is 1. The number of benzene rings is 2. The number of amides is 3. The van der Waals surface area contributed by atoms with Crippen molar-refractivity contribution in [3.05, 3.63) is 93.8 Å². The van der Waals surface area contributed by atoms with E-state index in [1.807, 2.05) is 77.9 Å². The van der Waals surface area contributed by atoms with Gasteiger partial charge in [-0.3, -0.25) is 10.1 Å². The summed E-state index contributed by atoms with van der Waals surface area (Å²) in [5, 5.41) is 13.0. The Bertz CT molecular complexity index is 1480. The Morgan fingerprint density at radius 2 is 1.71 bits per heavy atom. The van der Waals surface area contributed by atoms with Crippen molar-refractivity contribution in [3.63, 3.8) is 0 Å². The quantitative estimate of drug-likeness (QED) is 0.247. The SMILES string of the molecule is Cc1ccc(-n2nc(C(C)(C)C)cc2NC(=O)Nc2ccccc2CC2CCN(C(=O)Cc3cccs3)CC2)cc1. The van der Waals surface area contributed by atoms with E-state index in [0.29, 0.717) is 18.2 Å². The number of aryl methyl sites for hydroxylation is 1. The molecule has 1 fully saturated rings. The number of nitrogens with one attached hydrogen (secondary N) is 2. The summed E-state index contributed by atoms with van der Waals surface area (Å²) in [5.41, 5.74) is 4.69. The molecule has 2 aromatic carbocycles. The van der Waals surface area contributed by atoms with Crippen LogP contribution < -0.4 is 10.6 Å².